The maximum Gasteiger partial charge on any atom is 0.237 e. The second kappa shape index (κ2) is 9.12. The number of carbonyl (C=O) groups excluding carboxylic acids is 1. The third-order valence-electron chi connectivity index (χ3n) is 4.13. The van der Waals surface area contributed by atoms with Gasteiger partial charge in [0.25, 0.3) is 0 Å². The standard InChI is InChI=1S/C21H22N2O3S2/c1-13-5-7-15(8-6-13)17-12-27-21(23-17)28-14(2)20(24)22-16-9-10-18(25-3)19(11-16)26-4/h5-12,14H,1-4H3,(H,22,24)/t14-/m0/s1. The van der Waals surface area contributed by atoms with Gasteiger partial charge in [-0.1, -0.05) is 41.6 Å². The first kappa shape index (κ1) is 20.2. The number of aromatic nitrogens is 1. The van der Waals surface area contributed by atoms with E-state index in [1.807, 2.05) is 12.3 Å². The Labute approximate surface area is 173 Å². The van der Waals surface area contributed by atoms with E-state index in [1.54, 1.807) is 43.8 Å². The van der Waals surface area contributed by atoms with Crippen LogP contribution in [-0.2, 0) is 4.79 Å². The first-order valence-electron chi connectivity index (χ1n) is 8.72. The Hall–Kier alpha value is -2.51. The Morgan fingerprint density at radius 3 is 2.50 bits per heavy atom. The number of hydrogen-bond donors (Lipinski definition) is 1. The van der Waals surface area contributed by atoms with E-state index < -0.39 is 0 Å². The van der Waals surface area contributed by atoms with Gasteiger partial charge in [-0.2, -0.15) is 0 Å². The Kier molecular flexibility index (Phi) is 6.59. The van der Waals surface area contributed by atoms with Gasteiger partial charge in [0.15, 0.2) is 15.8 Å². The lowest BCUT2D eigenvalue weighted by atomic mass is 10.1. The van der Waals surface area contributed by atoms with Crippen LogP contribution in [0.4, 0.5) is 5.69 Å². The lowest BCUT2D eigenvalue weighted by Crippen LogP contribution is -2.22. The molecule has 0 aliphatic heterocycles. The molecule has 0 saturated carbocycles. The van der Waals surface area contributed by atoms with Crippen molar-refractivity contribution in [2.24, 2.45) is 0 Å². The molecule has 5 nitrogen and oxygen atoms in total. The minimum absolute atomic E-state index is 0.0932. The molecule has 146 valence electrons. The lowest BCUT2D eigenvalue weighted by Gasteiger charge is -2.13. The normalized spacial score (nSPS) is 11.7. The Morgan fingerprint density at radius 2 is 1.82 bits per heavy atom. The molecule has 1 atom stereocenters. The van der Waals surface area contributed by atoms with Gasteiger partial charge in [0.1, 0.15) is 0 Å². The topological polar surface area (TPSA) is 60.5 Å². The number of methoxy groups -OCH3 is 2. The molecule has 1 heterocycles. The number of benzene rings is 2. The molecule has 3 aromatic rings. The van der Waals surface area contributed by atoms with Crippen molar-refractivity contribution in [2.45, 2.75) is 23.4 Å². The fourth-order valence-corrected chi connectivity index (χ4v) is 4.50. The Balaban J connectivity index is 1.64. The number of thiazole rings is 1. The Morgan fingerprint density at radius 1 is 1.11 bits per heavy atom. The van der Waals surface area contributed by atoms with Crippen molar-refractivity contribution in [3.05, 3.63) is 53.4 Å². The molecule has 0 radical (unpaired) electrons. The molecule has 0 aliphatic rings. The van der Waals surface area contributed by atoms with Crippen LogP contribution < -0.4 is 14.8 Å². The number of hydrogen-bond acceptors (Lipinski definition) is 6. The zero-order valence-corrected chi connectivity index (χ0v) is 17.8. The van der Waals surface area contributed by atoms with Gasteiger partial charge in [-0.15, -0.1) is 11.3 Å². The summed E-state index contributed by atoms with van der Waals surface area (Å²) in [7, 11) is 3.14. The van der Waals surface area contributed by atoms with Gasteiger partial charge in [0.2, 0.25) is 5.91 Å². The molecule has 0 spiro atoms. The second-order valence-corrected chi connectivity index (χ2v) is 8.63. The average molecular weight is 415 g/mol. The fourth-order valence-electron chi connectivity index (χ4n) is 2.53. The Bertz CT molecular complexity index is 955. The number of amides is 1. The number of aryl methyl sites for hydroxylation is 1. The van der Waals surface area contributed by atoms with Crippen molar-refractivity contribution in [2.75, 3.05) is 19.5 Å². The van der Waals surface area contributed by atoms with E-state index in [4.69, 9.17) is 9.47 Å². The minimum Gasteiger partial charge on any atom is -0.493 e. The minimum atomic E-state index is -0.287. The van der Waals surface area contributed by atoms with Crippen LogP contribution >= 0.6 is 23.1 Å². The first-order valence-corrected chi connectivity index (χ1v) is 10.5. The monoisotopic (exact) mass is 414 g/mol. The highest BCUT2D eigenvalue weighted by molar-refractivity contribution is 8.02. The van der Waals surface area contributed by atoms with Crippen LogP contribution in [0.5, 0.6) is 11.5 Å². The summed E-state index contributed by atoms with van der Waals surface area (Å²) in [6, 6.07) is 13.6. The van der Waals surface area contributed by atoms with E-state index in [-0.39, 0.29) is 11.2 Å². The summed E-state index contributed by atoms with van der Waals surface area (Å²) in [4.78, 5) is 17.2. The lowest BCUT2D eigenvalue weighted by molar-refractivity contribution is -0.115. The van der Waals surface area contributed by atoms with E-state index in [9.17, 15) is 4.79 Å². The van der Waals surface area contributed by atoms with E-state index >= 15 is 0 Å². The third-order valence-corrected chi connectivity index (χ3v) is 6.20. The van der Waals surface area contributed by atoms with Crippen molar-refractivity contribution in [1.82, 2.24) is 4.98 Å². The van der Waals surface area contributed by atoms with Gasteiger partial charge in [0, 0.05) is 22.7 Å². The molecule has 0 unspecified atom stereocenters. The number of anilines is 1. The molecular weight excluding hydrogens is 392 g/mol. The van der Waals surface area contributed by atoms with Crippen LogP contribution in [0.1, 0.15) is 12.5 Å². The zero-order valence-electron chi connectivity index (χ0n) is 16.2. The van der Waals surface area contributed by atoms with Gasteiger partial charge in [-0.05, 0) is 26.0 Å². The first-order chi connectivity index (χ1) is 13.5. The summed E-state index contributed by atoms with van der Waals surface area (Å²) < 4.78 is 11.4. The van der Waals surface area contributed by atoms with Gasteiger partial charge >= 0.3 is 0 Å². The summed E-state index contributed by atoms with van der Waals surface area (Å²) in [5.74, 6) is 1.10. The molecule has 1 aromatic heterocycles. The summed E-state index contributed by atoms with van der Waals surface area (Å²) in [5.41, 5.74) is 3.89. The molecule has 0 bridgehead atoms. The molecule has 3 rings (SSSR count). The summed E-state index contributed by atoms with van der Waals surface area (Å²) in [6.07, 6.45) is 0. The van der Waals surface area contributed by atoms with Crippen LogP contribution in [0.25, 0.3) is 11.3 Å². The number of thioether (sulfide) groups is 1. The van der Waals surface area contributed by atoms with Crippen molar-refractivity contribution in [3.63, 3.8) is 0 Å². The second-order valence-electron chi connectivity index (χ2n) is 6.18. The number of nitrogens with one attached hydrogen (secondary N) is 1. The highest BCUT2D eigenvalue weighted by Gasteiger charge is 2.18. The largest absolute Gasteiger partial charge is 0.493 e. The predicted molar refractivity (Wildman–Crippen MR) is 116 cm³/mol. The van der Waals surface area contributed by atoms with Crippen molar-refractivity contribution in [1.29, 1.82) is 0 Å². The number of nitrogens with zero attached hydrogens (tertiary/aromatic N) is 1. The maximum absolute atomic E-state index is 12.6. The average Bonchev–Trinajstić information content (AvgIpc) is 3.16. The van der Waals surface area contributed by atoms with Crippen molar-refractivity contribution >= 4 is 34.7 Å². The number of rotatable bonds is 7. The number of carbonyl (C=O) groups is 1. The molecule has 1 amide bonds. The maximum atomic E-state index is 12.6. The molecule has 1 N–H and O–H groups in total. The third kappa shape index (κ3) is 4.85. The van der Waals surface area contributed by atoms with E-state index in [1.165, 1.54) is 17.3 Å². The molecular formula is C21H22N2O3S2. The molecule has 2 aromatic carbocycles. The summed E-state index contributed by atoms with van der Waals surface area (Å²) >= 11 is 2.99. The van der Waals surface area contributed by atoms with Gasteiger partial charge in [-0.25, -0.2) is 4.98 Å². The van der Waals surface area contributed by atoms with Crippen LogP contribution in [0.3, 0.4) is 0 Å². The highest BCUT2D eigenvalue weighted by atomic mass is 32.2. The smallest absolute Gasteiger partial charge is 0.237 e. The van der Waals surface area contributed by atoms with Crippen molar-refractivity contribution in [3.8, 4) is 22.8 Å². The van der Waals surface area contributed by atoms with Gasteiger partial charge in [-0.3, -0.25) is 4.79 Å². The highest BCUT2D eigenvalue weighted by Crippen LogP contribution is 2.33. The molecule has 7 heteroatoms. The zero-order chi connectivity index (χ0) is 20.1. The van der Waals surface area contributed by atoms with Crippen LogP contribution in [0.2, 0.25) is 0 Å². The molecule has 0 aliphatic carbocycles. The fraction of sp³-hybridized carbons (Fsp3) is 0.238. The van der Waals surface area contributed by atoms with Gasteiger partial charge < -0.3 is 14.8 Å². The summed E-state index contributed by atoms with van der Waals surface area (Å²) in [6.45, 7) is 3.93. The van der Waals surface area contributed by atoms with E-state index in [0.29, 0.717) is 17.2 Å². The van der Waals surface area contributed by atoms with Gasteiger partial charge in [0.05, 0.1) is 25.2 Å². The predicted octanol–water partition coefficient (Wildman–Crippen LogP) is 5.26. The molecule has 28 heavy (non-hydrogen) atoms. The number of ether oxygens (including phenoxy) is 2. The van der Waals surface area contributed by atoms with E-state index in [0.717, 1.165) is 15.6 Å². The molecule has 0 fully saturated rings. The summed E-state index contributed by atoms with van der Waals surface area (Å²) in [5, 5.41) is 4.65. The van der Waals surface area contributed by atoms with Crippen LogP contribution in [-0.4, -0.2) is 30.4 Å². The quantitative estimate of drug-likeness (QED) is 0.535. The SMILES string of the molecule is COc1ccc(NC(=O)[C@H](C)Sc2nc(-c3ccc(C)cc3)cs2)cc1OC. The van der Waals surface area contributed by atoms with Crippen LogP contribution in [0.15, 0.2) is 52.2 Å². The van der Waals surface area contributed by atoms with Crippen LogP contribution in [0, 0.1) is 6.92 Å². The van der Waals surface area contributed by atoms with E-state index in [2.05, 4.69) is 41.5 Å². The van der Waals surface area contributed by atoms with Crippen molar-refractivity contribution < 1.29 is 14.3 Å². The molecule has 0 saturated heterocycles.